The van der Waals surface area contributed by atoms with Crippen molar-refractivity contribution in [3.8, 4) is 0 Å². The Morgan fingerprint density at radius 1 is 1.13 bits per heavy atom. The highest BCUT2D eigenvalue weighted by molar-refractivity contribution is 7.89. The molecular weight excluding hydrogens is 310 g/mol. The van der Waals surface area contributed by atoms with E-state index in [-0.39, 0.29) is 12.1 Å². The maximum Gasteiger partial charge on any atom is 0.280 e. The number of hydrogen-bond acceptors (Lipinski definition) is 4. The van der Waals surface area contributed by atoms with Gasteiger partial charge in [-0.2, -0.15) is 17.9 Å². The van der Waals surface area contributed by atoms with Crippen LogP contribution in [0.5, 0.6) is 0 Å². The highest BCUT2D eigenvalue weighted by Crippen LogP contribution is 2.60. The molecule has 1 heterocycles. The Bertz CT molecular complexity index is 815. The zero-order valence-corrected chi connectivity index (χ0v) is 13.7. The molecule has 0 N–H and O–H groups in total. The summed E-state index contributed by atoms with van der Waals surface area (Å²) < 4.78 is 27.3. The van der Waals surface area contributed by atoms with Crippen LogP contribution in [0, 0.1) is 30.6 Å². The maximum absolute atomic E-state index is 13.0. The number of nitrogens with zero attached hydrogens (tertiary/aromatic N) is 3. The van der Waals surface area contributed by atoms with Gasteiger partial charge in [0.2, 0.25) is 0 Å². The van der Waals surface area contributed by atoms with E-state index >= 15 is 0 Å². The van der Waals surface area contributed by atoms with Crippen molar-refractivity contribution < 1.29 is 8.42 Å². The van der Waals surface area contributed by atoms with Crippen LogP contribution in [0.2, 0.25) is 0 Å². The molecule has 1 aliphatic heterocycles. The fraction of sp³-hybridized carbons (Fsp3) is 0.529. The average Bonchev–Trinajstić information content (AvgIpc) is 3.25. The van der Waals surface area contributed by atoms with Gasteiger partial charge < -0.3 is 0 Å². The zero-order chi connectivity index (χ0) is 15.8. The highest BCUT2D eigenvalue weighted by atomic mass is 32.2. The molecule has 0 spiro atoms. The van der Waals surface area contributed by atoms with Crippen molar-refractivity contribution in [1.82, 2.24) is 4.41 Å². The minimum atomic E-state index is -3.61. The summed E-state index contributed by atoms with van der Waals surface area (Å²) >= 11 is 0. The average molecular weight is 329 g/mol. The molecule has 0 amide bonds. The molecule has 5 nitrogen and oxygen atoms in total. The standard InChI is InChI=1S/C17H19N3O2S/c1-10-5-7-11(8-6-10)23(21,22)20-17-15-9-14(16(17)18-19-20)12-3-2-4-13(12)15/h2-3,5-8,12-17H,4,9H2,1H3/t12-,13-,14+,15+,16-,17+/m1/s1. The Morgan fingerprint density at radius 2 is 1.91 bits per heavy atom. The number of sulfonamides is 1. The van der Waals surface area contributed by atoms with Gasteiger partial charge in [-0.3, -0.25) is 0 Å². The van der Waals surface area contributed by atoms with E-state index in [1.54, 1.807) is 12.1 Å². The second-order valence-corrected chi connectivity index (χ2v) is 9.04. The second kappa shape index (κ2) is 4.44. The summed E-state index contributed by atoms with van der Waals surface area (Å²) in [7, 11) is -3.61. The van der Waals surface area contributed by atoms with E-state index in [2.05, 4.69) is 22.5 Å². The van der Waals surface area contributed by atoms with Crippen molar-refractivity contribution in [3.63, 3.8) is 0 Å². The van der Waals surface area contributed by atoms with Crippen LogP contribution < -0.4 is 0 Å². The van der Waals surface area contributed by atoms with Crippen LogP contribution in [-0.4, -0.2) is 24.9 Å². The van der Waals surface area contributed by atoms with Crippen molar-refractivity contribution in [2.24, 2.45) is 34.0 Å². The Morgan fingerprint density at radius 3 is 2.70 bits per heavy atom. The molecule has 6 heteroatoms. The van der Waals surface area contributed by atoms with Gasteiger partial charge in [-0.1, -0.05) is 35.1 Å². The predicted octanol–water partition coefficient (Wildman–Crippen LogP) is 2.95. The number of benzene rings is 1. The van der Waals surface area contributed by atoms with Crippen molar-refractivity contribution in [1.29, 1.82) is 0 Å². The highest BCUT2D eigenvalue weighted by Gasteiger charge is 2.63. The molecule has 0 saturated heterocycles. The third kappa shape index (κ3) is 1.70. The maximum atomic E-state index is 13.0. The molecule has 2 bridgehead atoms. The molecule has 1 aromatic carbocycles. The quantitative estimate of drug-likeness (QED) is 0.783. The minimum Gasteiger partial charge on any atom is -0.200 e. The fourth-order valence-electron chi connectivity index (χ4n) is 5.17. The smallest absolute Gasteiger partial charge is 0.200 e. The predicted molar refractivity (Wildman–Crippen MR) is 85.0 cm³/mol. The molecule has 0 unspecified atom stereocenters. The van der Waals surface area contributed by atoms with Gasteiger partial charge >= 0.3 is 0 Å². The van der Waals surface area contributed by atoms with Crippen molar-refractivity contribution in [3.05, 3.63) is 42.0 Å². The summed E-state index contributed by atoms with van der Waals surface area (Å²) in [5.74, 6) is 2.03. The fourth-order valence-corrected chi connectivity index (χ4v) is 6.61. The third-order valence-corrected chi connectivity index (χ3v) is 7.85. The largest absolute Gasteiger partial charge is 0.280 e. The van der Waals surface area contributed by atoms with Gasteiger partial charge in [-0.25, -0.2) is 0 Å². The monoisotopic (exact) mass is 329 g/mol. The van der Waals surface area contributed by atoms with Crippen LogP contribution in [0.1, 0.15) is 18.4 Å². The molecule has 1 aromatic rings. The van der Waals surface area contributed by atoms with Crippen LogP contribution in [-0.2, 0) is 10.0 Å². The van der Waals surface area contributed by atoms with E-state index in [1.807, 2.05) is 19.1 Å². The number of hydrogen-bond donors (Lipinski definition) is 0. The molecule has 2 fully saturated rings. The molecule has 4 aliphatic rings. The number of allylic oxidation sites excluding steroid dienone is 2. The van der Waals surface area contributed by atoms with E-state index in [4.69, 9.17) is 0 Å². The normalized spacial score (nSPS) is 40.0. The lowest BCUT2D eigenvalue weighted by Gasteiger charge is -2.35. The molecule has 6 atom stereocenters. The first kappa shape index (κ1) is 13.7. The molecular formula is C17H19N3O2S. The first-order valence-electron chi connectivity index (χ1n) is 8.26. The number of rotatable bonds is 2. The SMILES string of the molecule is Cc1ccc(S(=O)(=O)N2N=N[C@@H]3[C@H]4C[C@@H]([C@@H]5CC=C[C@H]54)[C@@H]32)cc1. The lowest BCUT2D eigenvalue weighted by molar-refractivity contribution is 0.177. The van der Waals surface area contributed by atoms with Gasteiger partial charge in [0, 0.05) is 0 Å². The summed E-state index contributed by atoms with van der Waals surface area (Å²) in [5.41, 5.74) is 1.05. The van der Waals surface area contributed by atoms with E-state index in [0.717, 1.165) is 18.4 Å². The van der Waals surface area contributed by atoms with Gasteiger partial charge in [0.25, 0.3) is 10.0 Å². The number of fused-ring (bicyclic) bond motifs is 8. The molecule has 0 radical (unpaired) electrons. The molecule has 5 rings (SSSR count). The Balaban J connectivity index is 1.51. The summed E-state index contributed by atoms with van der Waals surface area (Å²) in [6.45, 7) is 1.95. The van der Waals surface area contributed by atoms with E-state index in [9.17, 15) is 8.42 Å². The Hall–Kier alpha value is -1.69. The van der Waals surface area contributed by atoms with Crippen molar-refractivity contribution in [2.75, 3.05) is 0 Å². The Kier molecular flexibility index (Phi) is 2.65. The van der Waals surface area contributed by atoms with Gasteiger partial charge in [0.1, 0.15) is 0 Å². The minimum absolute atomic E-state index is 0.0456. The number of aryl methyl sites for hydroxylation is 1. The lowest BCUT2D eigenvalue weighted by atomic mass is 9.77. The van der Waals surface area contributed by atoms with Gasteiger partial charge in [-0.15, -0.1) is 0 Å². The summed E-state index contributed by atoms with van der Waals surface area (Å²) in [5, 5.41) is 8.47. The van der Waals surface area contributed by atoms with E-state index in [1.165, 1.54) is 4.41 Å². The zero-order valence-electron chi connectivity index (χ0n) is 12.9. The first-order chi connectivity index (χ1) is 11.1. The Labute approximate surface area is 136 Å². The third-order valence-electron chi connectivity index (χ3n) is 6.17. The van der Waals surface area contributed by atoms with E-state index in [0.29, 0.717) is 28.6 Å². The van der Waals surface area contributed by atoms with Crippen LogP contribution in [0.4, 0.5) is 0 Å². The molecule has 0 aromatic heterocycles. The molecule has 3 aliphatic carbocycles. The molecule has 23 heavy (non-hydrogen) atoms. The summed E-state index contributed by atoms with van der Waals surface area (Å²) in [6.07, 6.45) is 6.74. The summed E-state index contributed by atoms with van der Waals surface area (Å²) in [4.78, 5) is 0.312. The van der Waals surface area contributed by atoms with Crippen LogP contribution in [0.15, 0.2) is 51.7 Å². The van der Waals surface area contributed by atoms with Crippen LogP contribution in [0.25, 0.3) is 0 Å². The second-order valence-electron chi connectivity index (χ2n) is 7.25. The molecule has 2 saturated carbocycles. The van der Waals surface area contributed by atoms with Crippen molar-refractivity contribution >= 4 is 10.0 Å². The topological polar surface area (TPSA) is 62.1 Å². The van der Waals surface area contributed by atoms with E-state index < -0.39 is 10.0 Å². The molecule has 120 valence electrons. The van der Waals surface area contributed by atoms with Crippen molar-refractivity contribution in [2.45, 2.75) is 36.7 Å². The van der Waals surface area contributed by atoms with Crippen LogP contribution in [0.3, 0.4) is 0 Å². The van der Waals surface area contributed by atoms with Crippen LogP contribution >= 0.6 is 0 Å². The first-order valence-corrected chi connectivity index (χ1v) is 9.70. The van der Waals surface area contributed by atoms with Gasteiger partial charge in [0.15, 0.2) is 0 Å². The lowest BCUT2D eigenvalue weighted by Crippen LogP contribution is -2.46. The summed E-state index contributed by atoms with van der Waals surface area (Å²) in [6, 6.07) is 6.96. The van der Waals surface area contributed by atoms with Gasteiger partial charge in [-0.05, 0) is 55.6 Å². The van der Waals surface area contributed by atoms with Gasteiger partial charge in [0.05, 0.1) is 17.0 Å².